The van der Waals surface area contributed by atoms with Crippen LogP contribution in [0.15, 0.2) is 6.07 Å². The van der Waals surface area contributed by atoms with Crippen LogP contribution in [0.1, 0.15) is 63.8 Å². The Hall–Kier alpha value is -1.36. The molecule has 3 rings (SSSR count). The average molecular weight is 347 g/mol. The van der Waals surface area contributed by atoms with E-state index in [9.17, 15) is 4.79 Å². The number of carbonyl (C=O) groups is 1. The third-order valence-electron chi connectivity index (χ3n) is 5.55. The molecule has 0 spiro atoms. The van der Waals surface area contributed by atoms with E-state index in [0.717, 1.165) is 57.1 Å². The normalized spacial score (nSPS) is 19.7. The number of hydrogen-bond donors (Lipinski definition) is 0. The Kier molecular flexibility index (Phi) is 6.51. The summed E-state index contributed by atoms with van der Waals surface area (Å²) in [5.74, 6) is 1.06. The molecule has 0 aliphatic carbocycles. The highest BCUT2D eigenvalue weighted by molar-refractivity contribution is 5.76. The fourth-order valence-electron chi connectivity index (χ4n) is 4.25. The molecule has 1 atom stereocenters. The van der Waals surface area contributed by atoms with Crippen molar-refractivity contribution < 1.29 is 4.79 Å². The molecule has 1 saturated heterocycles. The molecular formula is C20H34N4O. The van der Waals surface area contributed by atoms with Gasteiger partial charge in [-0.25, -0.2) is 0 Å². The highest BCUT2D eigenvalue weighted by Gasteiger charge is 2.20. The lowest BCUT2D eigenvalue weighted by atomic mass is 10.1. The van der Waals surface area contributed by atoms with Crippen LogP contribution in [0.5, 0.6) is 0 Å². The van der Waals surface area contributed by atoms with Gasteiger partial charge in [0.2, 0.25) is 5.91 Å². The van der Waals surface area contributed by atoms with Crippen LogP contribution >= 0.6 is 0 Å². The number of rotatable bonds is 7. The zero-order valence-electron chi connectivity index (χ0n) is 16.0. The topological polar surface area (TPSA) is 41.4 Å². The van der Waals surface area contributed by atoms with Crippen molar-refractivity contribution in [2.24, 2.45) is 5.92 Å². The van der Waals surface area contributed by atoms with E-state index in [-0.39, 0.29) is 0 Å². The Balaban J connectivity index is 1.54. The molecule has 0 aromatic carbocycles. The molecule has 1 fully saturated rings. The van der Waals surface area contributed by atoms with Gasteiger partial charge in [-0.1, -0.05) is 20.3 Å². The van der Waals surface area contributed by atoms with Crippen LogP contribution in [0.3, 0.4) is 0 Å². The van der Waals surface area contributed by atoms with E-state index in [1.807, 2.05) is 4.90 Å². The van der Waals surface area contributed by atoms with Crippen LogP contribution in [0.25, 0.3) is 0 Å². The van der Waals surface area contributed by atoms with Crippen LogP contribution in [0, 0.1) is 5.92 Å². The van der Waals surface area contributed by atoms with Gasteiger partial charge in [0.25, 0.3) is 0 Å². The molecule has 5 nitrogen and oxygen atoms in total. The second kappa shape index (κ2) is 8.84. The Bertz CT molecular complexity index is 562. The number of aromatic nitrogens is 2. The second-order valence-electron chi connectivity index (χ2n) is 7.92. The summed E-state index contributed by atoms with van der Waals surface area (Å²) < 4.78 is 2.18. The fourth-order valence-corrected chi connectivity index (χ4v) is 4.25. The van der Waals surface area contributed by atoms with Gasteiger partial charge in [0.1, 0.15) is 0 Å². The van der Waals surface area contributed by atoms with Gasteiger partial charge in [0.15, 0.2) is 0 Å². The predicted molar refractivity (Wildman–Crippen MR) is 100 cm³/mol. The van der Waals surface area contributed by atoms with E-state index in [2.05, 4.69) is 29.5 Å². The molecule has 1 aromatic rings. The highest BCUT2D eigenvalue weighted by atomic mass is 16.2. The van der Waals surface area contributed by atoms with E-state index in [1.54, 1.807) is 0 Å². The number of amides is 1. The summed E-state index contributed by atoms with van der Waals surface area (Å²) in [7, 11) is 0. The summed E-state index contributed by atoms with van der Waals surface area (Å²) in [6.07, 6.45) is 7.45. The monoisotopic (exact) mass is 346 g/mol. The molecule has 0 bridgehead atoms. The van der Waals surface area contributed by atoms with E-state index in [4.69, 9.17) is 5.10 Å². The van der Waals surface area contributed by atoms with Gasteiger partial charge in [0.05, 0.1) is 11.4 Å². The number of fused-ring (bicyclic) bond motifs is 1. The van der Waals surface area contributed by atoms with Gasteiger partial charge >= 0.3 is 0 Å². The lowest BCUT2D eigenvalue weighted by molar-refractivity contribution is -0.130. The lowest BCUT2D eigenvalue weighted by Gasteiger charge is -2.23. The number of nitrogens with zero attached hydrogens (tertiary/aromatic N) is 4. The Morgan fingerprint density at radius 3 is 2.76 bits per heavy atom. The standard InChI is InChI=1S/C20H34N4O/c1-3-7-17(2)15-22-10-6-13-24-19(16-22)14-18(21-24)8-9-20(25)23-11-4-5-12-23/h14,17H,3-13,15-16H2,1-2H3/t17-/m0/s1. The van der Waals surface area contributed by atoms with Crippen LogP contribution in [0.4, 0.5) is 0 Å². The van der Waals surface area contributed by atoms with Crippen molar-refractivity contribution in [1.29, 1.82) is 0 Å². The molecular weight excluding hydrogens is 312 g/mol. The first-order valence-electron chi connectivity index (χ1n) is 10.2. The minimum Gasteiger partial charge on any atom is -0.343 e. The van der Waals surface area contributed by atoms with E-state index in [0.29, 0.717) is 12.3 Å². The Morgan fingerprint density at radius 1 is 1.20 bits per heavy atom. The third-order valence-corrected chi connectivity index (χ3v) is 5.55. The van der Waals surface area contributed by atoms with Crippen molar-refractivity contribution in [3.8, 4) is 0 Å². The molecule has 25 heavy (non-hydrogen) atoms. The predicted octanol–water partition coefficient (Wildman–Crippen LogP) is 3.08. The van der Waals surface area contributed by atoms with Crippen LogP contribution in [-0.4, -0.2) is 51.7 Å². The molecule has 0 radical (unpaired) electrons. The Morgan fingerprint density at radius 2 is 2.00 bits per heavy atom. The minimum absolute atomic E-state index is 0.302. The summed E-state index contributed by atoms with van der Waals surface area (Å²) in [6.45, 7) is 10.9. The van der Waals surface area contributed by atoms with Gasteiger partial charge in [-0.15, -0.1) is 0 Å². The summed E-state index contributed by atoms with van der Waals surface area (Å²) in [4.78, 5) is 16.8. The number of hydrogen-bond acceptors (Lipinski definition) is 3. The van der Waals surface area contributed by atoms with Crippen molar-refractivity contribution in [3.63, 3.8) is 0 Å². The molecule has 1 aromatic heterocycles. The molecule has 140 valence electrons. The zero-order chi connectivity index (χ0) is 17.6. The summed E-state index contributed by atoms with van der Waals surface area (Å²) in [5.41, 5.74) is 2.41. The first-order chi connectivity index (χ1) is 12.2. The minimum atomic E-state index is 0.302. The smallest absolute Gasteiger partial charge is 0.222 e. The van der Waals surface area contributed by atoms with Gasteiger partial charge in [-0.2, -0.15) is 5.10 Å². The molecule has 0 saturated carbocycles. The highest BCUT2D eigenvalue weighted by Crippen LogP contribution is 2.18. The van der Waals surface area contributed by atoms with E-state index in [1.165, 1.54) is 38.0 Å². The third kappa shape index (κ3) is 5.06. The van der Waals surface area contributed by atoms with Gasteiger partial charge in [-0.3, -0.25) is 14.4 Å². The van der Waals surface area contributed by atoms with Crippen molar-refractivity contribution in [2.75, 3.05) is 26.2 Å². The van der Waals surface area contributed by atoms with E-state index < -0.39 is 0 Å². The lowest BCUT2D eigenvalue weighted by Crippen LogP contribution is -2.28. The maximum absolute atomic E-state index is 12.2. The molecule has 0 unspecified atom stereocenters. The van der Waals surface area contributed by atoms with Crippen LogP contribution in [-0.2, 0) is 24.3 Å². The quantitative estimate of drug-likeness (QED) is 0.762. The van der Waals surface area contributed by atoms with E-state index >= 15 is 0 Å². The molecule has 0 N–H and O–H groups in total. The fraction of sp³-hybridized carbons (Fsp3) is 0.800. The maximum atomic E-state index is 12.2. The molecule has 3 heterocycles. The molecule has 1 amide bonds. The summed E-state index contributed by atoms with van der Waals surface area (Å²) >= 11 is 0. The SMILES string of the molecule is CCC[C@H](C)CN1CCCn2nc(CCC(=O)N3CCCC3)cc2C1. The first-order valence-corrected chi connectivity index (χ1v) is 10.2. The number of likely N-dealkylation sites (tertiary alicyclic amines) is 1. The van der Waals surface area contributed by atoms with Gasteiger partial charge in [0, 0.05) is 52.1 Å². The maximum Gasteiger partial charge on any atom is 0.222 e. The number of carbonyl (C=O) groups excluding carboxylic acids is 1. The largest absolute Gasteiger partial charge is 0.343 e. The summed E-state index contributed by atoms with van der Waals surface area (Å²) in [5, 5.41) is 4.78. The zero-order valence-corrected chi connectivity index (χ0v) is 16.0. The van der Waals surface area contributed by atoms with Crippen molar-refractivity contribution in [2.45, 2.75) is 71.9 Å². The van der Waals surface area contributed by atoms with Crippen molar-refractivity contribution >= 4 is 5.91 Å². The summed E-state index contributed by atoms with van der Waals surface area (Å²) in [6, 6.07) is 2.24. The Labute approximate surface area is 152 Å². The van der Waals surface area contributed by atoms with Crippen LogP contribution in [0.2, 0.25) is 0 Å². The molecule has 5 heteroatoms. The average Bonchev–Trinajstić information content (AvgIpc) is 3.20. The van der Waals surface area contributed by atoms with Crippen molar-refractivity contribution in [1.82, 2.24) is 19.6 Å². The van der Waals surface area contributed by atoms with Gasteiger partial charge < -0.3 is 4.90 Å². The second-order valence-corrected chi connectivity index (χ2v) is 7.92. The molecule has 2 aliphatic rings. The number of aryl methyl sites for hydroxylation is 2. The molecule has 2 aliphatic heterocycles. The first kappa shape index (κ1) is 18.4. The van der Waals surface area contributed by atoms with Crippen molar-refractivity contribution in [3.05, 3.63) is 17.5 Å². The van der Waals surface area contributed by atoms with Gasteiger partial charge in [-0.05, 0) is 37.7 Å². The van der Waals surface area contributed by atoms with Crippen LogP contribution < -0.4 is 0 Å².